The standard InChI is InChI=1S/C18H17BN2O5/c1-3-24-17(22)9-15-18-11(2)6-13(8-14(18)19(23)26-15)25-16-7-12(10-20)4-5-21-16/h4-8,15,23H,3,9H2,1-2H3. The number of fused-ring (bicyclic) bond motifs is 1. The maximum absolute atomic E-state index is 11.8. The lowest BCUT2D eigenvalue weighted by Gasteiger charge is -2.14. The summed E-state index contributed by atoms with van der Waals surface area (Å²) < 4.78 is 16.2. The van der Waals surface area contributed by atoms with Crippen LogP contribution in [-0.2, 0) is 14.2 Å². The number of hydrogen-bond donors (Lipinski definition) is 1. The van der Waals surface area contributed by atoms with Gasteiger partial charge in [-0.3, -0.25) is 4.79 Å². The highest BCUT2D eigenvalue weighted by Gasteiger charge is 2.38. The van der Waals surface area contributed by atoms with Crippen molar-refractivity contribution >= 4 is 18.6 Å². The van der Waals surface area contributed by atoms with E-state index in [1.165, 1.54) is 12.3 Å². The molecule has 8 heteroatoms. The molecule has 1 aliphatic rings. The third-order valence-electron chi connectivity index (χ3n) is 4.02. The predicted octanol–water partition coefficient (Wildman–Crippen LogP) is 1.77. The maximum atomic E-state index is 11.8. The fraction of sp³-hybridized carbons (Fsp3) is 0.278. The van der Waals surface area contributed by atoms with Gasteiger partial charge in [-0.2, -0.15) is 5.26 Å². The minimum absolute atomic E-state index is 0.0325. The number of benzene rings is 1. The first-order valence-corrected chi connectivity index (χ1v) is 8.19. The van der Waals surface area contributed by atoms with E-state index >= 15 is 0 Å². The Labute approximate surface area is 151 Å². The smallest absolute Gasteiger partial charge is 0.466 e. The zero-order valence-corrected chi connectivity index (χ0v) is 14.4. The molecule has 1 aliphatic heterocycles. The van der Waals surface area contributed by atoms with Crippen molar-refractivity contribution < 1.29 is 23.9 Å². The molecule has 0 aliphatic carbocycles. The number of aromatic nitrogens is 1. The van der Waals surface area contributed by atoms with Crippen LogP contribution in [-0.4, -0.2) is 29.7 Å². The summed E-state index contributed by atoms with van der Waals surface area (Å²) in [7, 11) is -1.15. The van der Waals surface area contributed by atoms with E-state index in [0.717, 1.165) is 11.1 Å². The van der Waals surface area contributed by atoms with Gasteiger partial charge in [-0.05, 0) is 48.6 Å². The normalized spacial score (nSPS) is 15.3. The van der Waals surface area contributed by atoms with Gasteiger partial charge in [-0.1, -0.05) is 0 Å². The lowest BCUT2D eigenvalue weighted by molar-refractivity contribution is -0.145. The van der Waals surface area contributed by atoms with Gasteiger partial charge in [-0.15, -0.1) is 0 Å². The van der Waals surface area contributed by atoms with Gasteiger partial charge in [0.05, 0.1) is 30.8 Å². The number of carbonyl (C=O) groups excluding carboxylic acids is 1. The molecule has 7 nitrogen and oxygen atoms in total. The largest absolute Gasteiger partial charge is 0.492 e. The van der Waals surface area contributed by atoms with Crippen molar-refractivity contribution in [2.24, 2.45) is 0 Å². The number of aryl methyl sites for hydroxylation is 1. The second-order valence-corrected chi connectivity index (χ2v) is 5.83. The van der Waals surface area contributed by atoms with E-state index in [4.69, 9.17) is 19.4 Å². The number of ether oxygens (including phenoxy) is 2. The van der Waals surface area contributed by atoms with Gasteiger partial charge >= 0.3 is 13.1 Å². The highest BCUT2D eigenvalue weighted by molar-refractivity contribution is 6.62. The van der Waals surface area contributed by atoms with Crippen LogP contribution in [0.5, 0.6) is 11.6 Å². The Bertz CT molecular complexity index is 880. The molecule has 0 fully saturated rings. The molecule has 0 saturated carbocycles. The summed E-state index contributed by atoms with van der Waals surface area (Å²) >= 11 is 0. The monoisotopic (exact) mass is 352 g/mol. The summed E-state index contributed by atoms with van der Waals surface area (Å²) in [4.78, 5) is 15.8. The zero-order valence-electron chi connectivity index (χ0n) is 14.4. The Morgan fingerprint density at radius 3 is 3.00 bits per heavy atom. The quantitative estimate of drug-likeness (QED) is 0.646. The van der Waals surface area contributed by atoms with Crippen LogP contribution in [0.2, 0.25) is 0 Å². The topological polar surface area (TPSA) is 102 Å². The van der Waals surface area contributed by atoms with Crippen molar-refractivity contribution in [3.05, 3.63) is 47.2 Å². The van der Waals surface area contributed by atoms with Crippen molar-refractivity contribution in [3.63, 3.8) is 0 Å². The summed E-state index contributed by atoms with van der Waals surface area (Å²) in [5.74, 6) is 0.359. The molecule has 0 spiro atoms. The van der Waals surface area contributed by atoms with Crippen LogP contribution in [0.25, 0.3) is 0 Å². The van der Waals surface area contributed by atoms with Gasteiger partial charge in [0.2, 0.25) is 5.88 Å². The van der Waals surface area contributed by atoms with E-state index in [0.29, 0.717) is 23.4 Å². The van der Waals surface area contributed by atoms with Crippen LogP contribution < -0.4 is 10.2 Å². The number of nitriles is 1. The minimum Gasteiger partial charge on any atom is -0.466 e. The molecule has 0 saturated heterocycles. The molecule has 0 amide bonds. The first-order valence-electron chi connectivity index (χ1n) is 8.19. The van der Waals surface area contributed by atoms with E-state index in [9.17, 15) is 9.82 Å². The van der Waals surface area contributed by atoms with Crippen molar-refractivity contribution in [2.45, 2.75) is 26.4 Å². The first-order chi connectivity index (χ1) is 12.5. The molecule has 0 radical (unpaired) electrons. The van der Waals surface area contributed by atoms with Crippen LogP contribution in [0, 0.1) is 18.3 Å². The summed E-state index contributed by atoms with van der Waals surface area (Å²) in [6.07, 6.45) is 0.958. The lowest BCUT2D eigenvalue weighted by atomic mass is 9.77. The molecular formula is C18H17BN2O5. The van der Waals surface area contributed by atoms with Crippen molar-refractivity contribution in [1.29, 1.82) is 5.26 Å². The van der Waals surface area contributed by atoms with E-state index in [-0.39, 0.29) is 18.3 Å². The molecule has 1 unspecified atom stereocenters. The zero-order chi connectivity index (χ0) is 18.7. The molecule has 1 aromatic heterocycles. The number of hydrogen-bond acceptors (Lipinski definition) is 7. The fourth-order valence-corrected chi connectivity index (χ4v) is 2.97. The van der Waals surface area contributed by atoms with Gasteiger partial charge in [-0.25, -0.2) is 4.98 Å². The van der Waals surface area contributed by atoms with Gasteiger partial charge in [0.15, 0.2) is 0 Å². The number of rotatable bonds is 5. The molecule has 1 atom stereocenters. The van der Waals surface area contributed by atoms with Gasteiger partial charge in [0, 0.05) is 12.3 Å². The van der Waals surface area contributed by atoms with Crippen molar-refractivity contribution in [3.8, 4) is 17.7 Å². The SMILES string of the molecule is CCOC(=O)CC1OB(O)c2cc(Oc3cc(C#N)ccn3)cc(C)c21. The molecule has 132 valence electrons. The molecule has 26 heavy (non-hydrogen) atoms. The number of carbonyl (C=O) groups is 1. The third kappa shape index (κ3) is 3.69. The minimum atomic E-state index is -1.15. The molecule has 1 aromatic carbocycles. The fourth-order valence-electron chi connectivity index (χ4n) is 2.97. The summed E-state index contributed by atoms with van der Waals surface area (Å²) in [5, 5.41) is 19.2. The van der Waals surface area contributed by atoms with Gasteiger partial charge in [0.25, 0.3) is 0 Å². The summed E-state index contributed by atoms with van der Waals surface area (Å²) in [5.41, 5.74) is 2.56. The Morgan fingerprint density at radius 2 is 2.27 bits per heavy atom. The predicted molar refractivity (Wildman–Crippen MR) is 92.9 cm³/mol. The van der Waals surface area contributed by atoms with Crippen LogP contribution in [0.3, 0.4) is 0 Å². The Kier molecular flexibility index (Phi) is 5.21. The summed E-state index contributed by atoms with van der Waals surface area (Å²) in [6, 6.07) is 8.56. The van der Waals surface area contributed by atoms with Crippen molar-refractivity contribution in [2.75, 3.05) is 6.61 Å². The van der Waals surface area contributed by atoms with Crippen LogP contribution in [0.4, 0.5) is 0 Å². The van der Waals surface area contributed by atoms with E-state index < -0.39 is 13.2 Å². The number of esters is 1. The lowest BCUT2D eigenvalue weighted by Crippen LogP contribution is -2.28. The average molecular weight is 352 g/mol. The van der Waals surface area contributed by atoms with Crippen molar-refractivity contribution in [1.82, 2.24) is 4.98 Å². The van der Waals surface area contributed by atoms with Crippen LogP contribution in [0.1, 0.15) is 36.1 Å². The number of pyridine rings is 1. The first kappa shape index (κ1) is 17.9. The Balaban J connectivity index is 1.86. The second-order valence-electron chi connectivity index (χ2n) is 5.83. The van der Waals surface area contributed by atoms with E-state index in [1.54, 1.807) is 25.1 Å². The highest BCUT2D eigenvalue weighted by atomic mass is 16.5. The molecule has 0 bridgehead atoms. The Morgan fingerprint density at radius 1 is 1.46 bits per heavy atom. The molecule has 1 N–H and O–H groups in total. The van der Waals surface area contributed by atoms with Crippen LogP contribution in [0.15, 0.2) is 30.5 Å². The second kappa shape index (κ2) is 7.56. The van der Waals surface area contributed by atoms with Gasteiger partial charge in [0.1, 0.15) is 5.75 Å². The Hall–Kier alpha value is -2.89. The third-order valence-corrected chi connectivity index (χ3v) is 4.02. The summed E-state index contributed by atoms with van der Waals surface area (Å²) in [6.45, 7) is 3.88. The highest BCUT2D eigenvalue weighted by Crippen LogP contribution is 2.33. The van der Waals surface area contributed by atoms with E-state index in [2.05, 4.69) is 4.98 Å². The average Bonchev–Trinajstić information content (AvgIpc) is 2.91. The number of nitrogens with zero attached hydrogens (tertiary/aromatic N) is 2. The molecule has 2 aromatic rings. The molecule has 2 heterocycles. The maximum Gasteiger partial charge on any atom is 0.492 e. The molecular weight excluding hydrogens is 335 g/mol. The molecule has 3 rings (SSSR count). The van der Waals surface area contributed by atoms with Crippen LogP contribution >= 0.6 is 0 Å². The van der Waals surface area contributed by atoms with Gasteiger partial charge < -0.3 is 19.2 Å². The van der Waals surface area contributed by atoms with E-state index in [1.807, 2.05) is 13.0 Å².